The van der Waals surface area contributed by atoms with Crippen LogP contribution in [0.4, 0.5) is 5.69 Å². The van der Waals surface area contributed by atoms with Crippen LogP contribution in [0.5, 0.6) is 5.75 Å². The Labute approximate surface area is 140 Å². The van der Waals surface area contributed by atoms with E-state index in [9.17, 15) is 19.5 Å². The molecule has 7 heteroatoms. The summed E-state index contributed by atoms with van der Waals surface area (Å²) in [5.74, 6) is -1.73. The molecule has 2 N–H and O–H groups in total. The Bertz CT molecular complexity index is 658. The van der Waals surface area contributed by atoms with Crippen LogP contribution in [0.25, 0.3) is 0 Å². The second-order valence-electron chi connectivity index (χ2n) is 6.07. The molecule has 1 aliphatic heterocycles. The summed E-state index contributed by atoms with van der Waals surface area (Å²) in [6.07, 6.45) is 0.634. The van der Waals surface area contributed by atoms with E-state index >= 15 is 0 Å². The first-order chi connectivity index (χ1) is 11.3. The molecule has 0 spiro atoms. The molecule has 0 aromatic heterocycles. The fourth-order valence-corrected chi connectivity index (χ4v) is 2.57. The smallest absolute Gasteiger partial charge is 0.331 e. The number of carboxylic acid groups (broad SMARTS) is 1. The summed E-state index contributed by atoms with van der Waals surface area (Å²) < 4.78 is 5.17. The number of aliphatic carboxylic acids is 1. The fourth-order valence-electron chi connectivity index (χ4n) is 2.57. The van der Waals surface area contributed by atoms with Gasteiger partial charge in [-0.05, 0) is 30.5 Å². The molecule has 2 rings (SSSR count). The number of carbonyl (C=O) groups excluding carboxylic acids is 2. The second kappa shape index (κ2) is 7.33. The molecule has 2 unspecified atom stereocenters. The maximum Gasteiger partial charge on any atom is 0.331 e. The molecular weight excluding hydrogens is 312 g/mol. The molecule has 1 aromatic rings. The molecule has 0 saturated heterocycles. The summed E-state index contributed by atoms with van der Waals surface area (Å²) in [6.45, 7) is 5.39. The summed E-state index contributed by atoms with van der Waals surface area (Å²) in [6, 6.07) is 4.39. The average Bonchev–Trinajstić information content (AvgIpc) is 2.52. The van der Waals surface area contributed by atoms with Gasteiger partial charge in [0.25, 0.3) is 0 Å². The van der Waals surface area contributed by atoms with Gasteiger partial charge in [-0.15, -0.1) is 0 Å². The molecule has 1 amide bonds. The maximum atomic E-state index is 12.3. The van der Waals surface area contributed by atoms with E-state index in [0.29, 0.717) is 17.9 Å². The lowest BCUT2D eigenvalue weighted by Crippen LogP contribution is -2.50. The molecule has 0 radical (unpaired) electrons. The Morgan fingerprint density at radius 2 is 2.12 bits per heavy atom. The summed E-state index contributed by atoms with van der Waals surface area (Å²) in [7, 11) is 0. The van der Waals surface area contributed by atoms with Crippen LogP contribution < -0.4 is 15.0 Å². The van der Waals surface area contributed by atoms with E-state index in [0.717, 1.165) is 5.56 Å². The number of hydrogen-bond acceptors (Lipinski definition) is 5. The molecule has 1 heterocycles. The number of fused-ring (bicyclic) bond motifs is 1. The summed E-state index contributed by atoms with van der Waals surface area (Å²) in [5, 5.41) is 11.8. The molecule has 7 nitrogen and oxygen atoms in total. The Hall–Kier alpha value is -2.57. The van der Waals surface area contributed by atoms with Gasteiger partial charge in [0, 0.05) is 0 Å². The van der Waals surface area contributed by atoms with Crippen molar-refractivity contribution in [1.82, 2.24) is 5.32 Å². The third-order valence-electron chi connectivity index (χ3n) is 4.13. The lowest BCUT2D eigenvalue weighted by atomic mass is 9.99. The fraction of sp³-hybridized carbons (Fsp3) is 0.471. The first kappa shape index (κ1) is 17.8. The van der Waals surface area contributed by atoms with Gasteiger partial charge in [0.2, 0.25) is 5.91 Å². The molecule has 0 saturated carbocycles. The number of benzene rings is 1. The van der Waals surface area contributed by atoms with Gasteiger partial charge < -0.3 is 20.1 Å². The van der Waals surface area contributed by atoms with Crippen molar-refractivity contribution in [2.75, 3.05) is 18.0 Å². The van der Waals surface area contributed by atoms with E-state index in [4.69, 9.17) is 4.74 Å². The lowest BCUT2D eigenvalue weighted by molar-refractivity contribution is -0.143. The average molecular weight is 334 g/mol. The van der Waals surface area contributed by atoms with Gasteiger partial charge in [0.1, 0.15) is 12.6 Å². The Morgan fingerprint density at radius 1 is 1.42 bits per heavy atom. The van der Waals surface area contributed by atoms with Crippen molar-refractivity contribution in [2.24, 2.45) is 5.92 Å². The second-order valence-corrected chi connectivity index (χ2v) is 6.07. The maximum absolute atomic E-state index is 12.3. The molecular formula is C17H22N2O5. The quantitative estimate of drug-likeness (QED) is 0.602. The van der Waals surface area contributed by atoms with Gasteiger partial charge in [0.15, 0.2) is 5.75 Å². The first-order valence-electron chi connectivity index (χ1n) is 7.90. The number of anilines is 1. The number of hydrogen-bond donors (Lipinski definition) is 2. The van der Waals surface area contributed by atoms with Gasteiger partial charge in [-0.3, -0.25) is 4.79 Å². The molecule has 0 fully saturated rings. The van der Waals surface area contributed by atoms with Crippen molar-refractivity contribution in [3.63, 3.8) is 0 Å². The Balaban J connectivity index is 2.13. The number of aryl methyl sites for hydroxylation is 1. The third kappa shape index (κ3) is 4.04. The van der Waals surface area contributed by atoms with Crippen LogP contribution >= 0.6 is 0 Å². The zero-order valence-electron chi connectivity index (χ0n) is 14.0. The standard InChI is InChI=1S/C17H22N2O5/c1-4-11(3)16(17(22)23)18-14(20)8-19-9-15(21)24-13-6-5-10(2)7-12(13)19/h5-7,11,16H,4,8-9H2,1-3H3,(H,18,20)(H,22,23). The van der Waals surface area contributed by atoms with Crippen molar-refractivity contribution in [3.05, 3.63) is 23.8 Å². The van der Waals surface area contributed by atoms with Gasteiger partial charge in [-0.25, -0.2) is 9.59 Å². The van der Waals surface area contributed by atoms with Gasteiger partial charge in [-0.1, -0.05) is 26.3 Å². The number of nitrogens with zero attached hydrogens (tertiary/aromatic N) is 1. The number of esters is 1. The highest BCUT2D eigenvalue weighted by Crippen LogP contribution is 2.32. The van der Waals surface area contributed by atoms with Gasteiger partial charge in [-0.2, -0.15) is 0 Å². The third-order valence-corrected chi connectivity index (χ3v) is 4.13. The highest BCUT2D eigenvalue weighted by atomic mass is 16.5. The van der Waals surface area contributed by atoms with Crippen molar-refractivity contribution in [2.45, 2.75) is 33.2 Å². The van der Waals surface area contributed by atoms with E-state index in [1.165, 1.54) is 0 Å². The molecule has 0 aliphatic carbocycles. The van der Waals surface area contributed by atoms with E-state index in [-0.39, 0.29) is 19.0 Å². The monoisotopic (exact) mass is 334 g/mol. The largest absolute Gasteiger partial charge is 0.480 e. The normalized spacial score (nSPS) is 16.0. The van der Waals surface area contributed by atoms with E-state index in [1.807, 2.05) is 26.0 Å². The van der Waals surface area contributed by atoms with Crippen molar-refractivity contribution >= 4 is 23.5 Å². The molecule has 2 atom stereocenters. The summed E-state index contributed by atoms with van der Waals surface area (Å²) in [4.78, 5) is 36.9. The van der Waals surface area contributed by atoms with Crippen LogP contribution in [0.2, 0.25) is 0 Å². The zero-order valence-corrected chi connectivity index (χ0v) is 14.0. The number of amides is 1. The number of rotatable bonds is 6. The lowest BCUT2D eigenvalue weighted by Gasteiger charge is -2.30. The molecule has 1 aromatic carbocycles. The number of nitrogens with one attached hydrogen (secondary N) is 1. The first-order valence-corrected chi connectivity index (χ1v) is 7.90. The van der Waals surface area contributed by atoms with E-state index in [2.05, 4.69) is 5.32 Å². The van der Waals surface area contributed by atoms with Crippen molar-refractivity contribution < 1.29 is 24.2 Å². The van der Waals surface area contributed by atoms with Crippen LogP contribution in [0.1, 0.15) is 25.8 Å². The predicted octanol–water partition coefficient (Wildman–Crippen LogP) is 1.34. The molecule has 24 heavy (non-hydrogen) atoms. The van der Waals surface area contributed by atoms with Crippen molar-refractivity contribution in [1.29, 1.82) is 0 Å². The van der Waals surface area contributed by atoms with Gasteiger partial charge >= 0.3 is 11.9 Å². The zero-order chi connectivity index (χ0) is 17.9. The highest BCUT2D eigenvalue weighted by molar-refractivity contribution is 5.91. The minimum Gasteiger partial charge on any atom is -0.480 e. The predicted molar refractivity (Wildman–Crippen MR) is 88.0 cm³/mol. The number of ether oxygens (including phenoxy) is 1. The van der Waals surface area contributed by atoms with E-state index < -0.39 is 23.9 Å². The van der Waals surface area contributed by atoms with Crippen LogP contribution in [-0.4, -0.2) is 42.1 Å². The van der Waals surface area contributed by atoms with Crippen LogP contribution in [-0.2, 0) is 14.4 Å². The van der Waals surface area contributed by atoms with Crippen LogP contribution in [0, 0.1) is 12.8 Å². The minimum absolute atomic E-state index is 0.0507. The Morgan fingerprint density at radius 3 is 2.75 bits per heavy atom. The topological polar surface area (TPSA) is 95.9 Å². The summed E-state index contributed by atoms with van der Waals surface area (Å²) >= 11 is 0. The Kier molecular flexibility index (Phi) is 5.43. The number of carboxylic acids is 1. The van der Waals surface area contributed by atoms with Crippen LogP contribution in [0.3, 0.4) is 0 Å². The number of carbonyl (C=O) groups is 3. The minimum atomic E-state index is -1.06. The SMILES string of the molecule is CCC(C)C(NC(=O)CN1CC(=O)Oc2ccc(C)cc21)C(=O)O. The highest BCUT2D eigenvalue weighted by Gasteiger charge is 2.29. The van der Waals surface area contributed by atoms with E-state index in [1.54, 1.807) is 17.9 Å². The van der Waals surface area contributed by atoms with Gasteiger partial charge in [0.05, 0.1) is 12.2 Å². The summed E-state index contributed by atoms with van der Waals surface area (Å²) in [5.41, 5.74) is 1.63. The van der Waals surface area contributed by atoms with Crippen LogP contribution in [0.15, 0.2) is 18.2 Å². The molecule has 130 valence electrons. The van der Waals surface area contributed by atoms with Crippen molar-refractivity contribution in [3.8, 4) is 5.75 Å². The molecule has 1 aliphatic rings. The molecule has 0 bridgehead atoms.